The molecule has 3 aromatic rings. The number of ether oxygens (including phenoxy) is 1. The van der Waals surface area contributed by atoms with Gasteiger partial charge in [0.25, 0.3) is 0 Å². The average Bonchev–Trinajstić information content (AvgIpc) is 2.62. The van der Waals surface area contributed by atoms with Gasteiger partial charge < -0.3 is 10.5 Å². The van der Waals surface area contributed by atoms with Gasteiger partial charge in [0, 0.05) is 5.69 Å². The fourth-order valence-corrected chi connectivity index (χ4v) is 3.00. The summed E-state index contributed by atoms with van der Waals surface area (Å²) >= 11 is 0. The van der Waals surface area contributed by atoms with Crippen molar-refractivity contribution in [3.8, 4) is 5.75 Å². The van der Waals surface area contributed by atoms with E-state index >= 15 is 0 Å². The van der Waals surface area contributed by atoms with E-state index in [1.807, 2.05) is 37.3 Å². The third-order valence-corrected chi connectivity index (χ3v) is 4.54. The van der Waals surface area contributed by atoms with Crippen LogP contribution in [0.5, 0.6) is 5.75 Å². The van der Waals surface area contributed by atoms with E-state index in [9.17, 15) is 0 Å². The van der Waals surface area contributed by atoms with Crippen LogP contribution in [-0.2, 0) is 5.41 Å². The molecule has 0 amide bonds. The van der Waals surface area contributed by atoms with Gasteiger partial charge in [0.1, 0.15) is 12.4 Å². The number of anilines is 1. The topological polar surface area (TPSA) is 35.2 Å². The second-order valence-electron chi connectivity index (χ2n) is 6.38. The molecule has 0 saturated carbocycles. The molecule has 24 heavy (non-hydrogen) atoms. The van der Waals surface area contributed by atoms with Crippen LogP contribution in [0.25, 0.3) is 0 Å². The predicted molar refractivity (Wildman–Crippen MR) is 100 cm³/mol. The van der Waals surface area contributed by atoms with Crippen LogP contribution in [0.1, 0.15) is 23.6 Å². The smallest absolute Gasteiger partial charge is 0.122 e. The van der Waals surface area contributed by atoms with Gasteiger partial charge in [0.15, 0.2) is 0 Å². The van der Waals surface area contributed by atoms with Crippen molar-refractivity contribution in [2.45, 2.75) is 19.3 Å². The molecule has 0 aliphatic heterocycles. The second-order valence-corrected chi connectivity index (χ2v) is 6.38. The first-order valence-electron chi connectivity index (χ1n) is 8.19. The van der Waals surface area contributed by atoms with Crippen LogP contribution < -0.4 is 10.5 Å². The summed E-state index contributed by atoms with van der Waals surface area (Å²) in [6, 6.07) is 26.8. The first kappa shape index (κ1) is 16.1. The van der Waals surface area contributed by atoms with Crippen LogP contribution in [0.4, 0.5) is 5.69 Å². The highest BCUT2D eigenvalue weighted by Crippen LogP contribution is 2.33. The van der Waals surface area contributed by atoms with Crippen molar-refractivity contribution >= 4 is 5.69 Å². The molecule has 3 aromatic carbocycles. The minimum atomic E-state index is -0.226. The van der Waals surface area contributed by atoms with E-state index < -0.39 is 0 Å². The van der Waals surface area contributed by atoms with E-state index in [0.29, 0.717) is 6.61 Å². The summed E-state index contributed by atoms with van der Waals surface area (Å²) in [6.45, 7) is 4.81. The largest absolute Gasteiger partial charge is 0.492 e. The number of hydrogen-bond donors (Lipinski definition) is 1. The molecule has 0 atom stereocenters. The molecule has 0 fully saturated rings. The van der Waals surface area contributed by atoms with Crippen LogP contribution in [0.15, 0.2) is 78.9 Å². The first-order chi connectivity index (χ1) is 11.6. The fraction of sp³-hybridized carbons (Fsp3) is 0.182. The maximum atomic E-state index is 6.21. The van der Waals surface area contributed by atoms with Crippen molar-refractivity contribution in [3.63, 3.8) is 0 Å². The van der Waals surface area contributed by atoms with Gasteiger partial charge in [0.05, 0.1) is 5.41 Å². The quantitative estimate of drug-likeness (QED) is 0.675. The Morgan fingerprint density at radius 3 is 1.88 bits per heavy atom. The van der Waals surface area contributed by atoms with Gasteiger partial charge in [-0.2, -0.15) is 0 Å². The number of nitrogen functional groups attached to an aromatic ring is 1. The van der Waals surface area contributed by atoms with Crippen LogP contribution in [-0.4, -0.2) is 6.61 Å². The summed E-state index contributed by atoms with van der Waals surface area (Å²) in [4.78, 5) is 0. The molecule has 0 aromatic heterocycles. The third kappa shape index (κ3) is 3.28. The Morgan fingerprint density at radius 2 is 1.38 bits per heavy atom. The van der Waals surface area contributed by atoms with Crippen LogP contribution in [0, 0.1) is 6.92 Å². The van der Waals surface area contributed by atoms with Gasteiger partial charge in [0.2, 0.25) is 0 Å². The molecule has 122 valence electrons. The summed E-state index contributed by atoms with van der Waals surface area (Å²) in [5, 5.41) is 0. The SMILES string of the molecule is Cc1cc(N)ccc1OCC(C)(c1ccccc1)c1ccccc1. The van der Waals surface area contributed by atoms with Gasteiger partial charge in [-0.25, -0.2) is 0 Å². The summed E-state index contributed by atoms with van der Waals surface area (Å²) in [5.74, 6) is 0.877. The zero-order valence-corrected chi connectivity index (χ0v) is 14.2. The Labute approximate surface area is 143 Å². The molecule has 0 heterocycles. The van der Waals surface area contributed by atoms with Gasteiger partial charge in [-0.05, 0) is 48.7 Å². The van der Waals surface area contributed by atoms with E-state index in [4.69, 9.17) is 10.5 Å². The fourth-order valence-electron chi connectivity index (χ4n) is 3.00. The molecular weight excluding hydrogens is 294 g/mol. The van der Waals surface area contributed by atoms with Crippen molar-refractivity contribution in [2.75, 3.05) is 12.3 Å². The Hall–Kier alpha value is -2.74. The second kappa shape index (κ2) is 6.79. The summed E-state index contributed by atoms with van der Waals surface area (Å²) in [5.41, 5.74) is 9.90. The van der Waals surface area contributed by atoms with Crippen molar-refractivity contribution in [3.05, 3.63) is 95.6 Å². The van der Waals surface area contributed by atoms with Crippen LogP contribution in [0.3, 0.4) is 0 Å². The van der Waals surface area contributed by atoms with Crippen LogP contribution in [0.2, 0.25) is 0 Å². The number of nitrogens with two attached hydrogens (primary N) is 1. The maximum Gasteiger partial charge on any atom is 0.122 e. The summed E-state index contributed by atoms with van der Waals surface area (Å²) in [6.07, 6.45) is 0. The molecule has 3 rings (SSSR count). The number of benzene rings is 3. The zero-order valence-electron chi connectivity index (χ0n) is 14.2. The van der Waals surface area contributed by atoms with E-state index in [2.05, 4.69) is 55.5 Å². The highest BCUT2D eigenvalue weighted by molar-refractivity contribution is 5.47. The lowest BCUT2D eigenvalue weighted by Crippen LogP contribution is -2.31. The zero-order chi connectivity index (χ0) is 17.0. The lowest BCUT2D eigenvalue weighted by atomic mass is 9.77. The molecule has 2 heteroatoms. The average molecular weight is 317 g/mol. The number of rotatable bonds is 5. The molecule has 0 spiro atoms. The summed E-state index contributed by atoms with van der Waals surface area (Å²) in [7, 11) is 0. The van der Waals surface area contributed by atoms with E-state index in [-0.39, 0.29) is 5.41 Å². The Balaban J connectivity index is 1.94. The molecule has 2 N–H and O–H groups in total. The molecular formula is C22H23NO. The highest BCUT2D eigenvalue weighted by atomic mass is 16.5. The van der Waals surface area contributed by atoms with Gasteiger partial charge >= 0.3 is 0 Å². The minimum Gasteiger partial charge on any atom is -0.492 e. The Morgan fingerprint density at radius 1 is 0.833 bits per heavy atom. The normalized spacial score (nSPS) is 11.2. The minimum absolute atomic E-state index is 0.226. The van der Waals surface area contributed by atoms with Crippen molar-refractivity contribution < 1.29 is 4.74 Å². The Bertz CT molecular complexity index is 757. The van der Waals surface area contributed by atoms with Crippen molar-refractivity contribution in [2.24, 2.45) is 0 Å². The van der Waals surface area contributed by atoms with Gasteiger partial charge in [-0.1, -0.05) is 60.7 Å². The molecule has 0 aliphatic rings. The Kier molecular flexibility index (Phi) is 4.57. The molecule has 0 bridgehead atoms. The highest BCUT2D eigenvalue weighted by Gasteiger charge is 2.30. The van der Waals surface area contributed by atoms with Crippen LogP contribution >= 0.6 is 0 Å². The number of hydrogen-bond acceptors (Lipinski definition) is 2. The third-order valence-electron chi connectivity index (χ3n) is 4.54. The number of aryl methyl sites for hydroxylation is 1. The van der Waals surface area contributed by atoms with Crippen molar-refractivity contribution in [1.29, 1.82) is 0 Å². The maximum absolute atomic E-state index is 6.21. The lowest BCUT2D eigenvalue weighted by molar-refractivity contribution is 0.252. The van der Waals surface area contributed by atoms with Crippen molar-refractivity contribution in [1.82, 2.24) is 0 Å². The standard InChI is InChI=1S/C22H23NO/c1-17-15-20(23)13-14-21(17)24-16-22(2,18-9-5-3-6-10-18)19-11-7-4-8-12-19/h3-15H,16,23H2,1-2H3. The summed E-state index contributed by atoms with van der Waals surface area (Å²) < 4.78 is 6.21. The predicted octanol–water partition coefficient (Wildman–Crippen LogP) is 4.96. The first-order valence-corrected chi connectivity index (χ1v) is 8.19. The molecule has 0 radical (unpaired) electrons. The molecule has 0 unspecified atom stereocenters. The molecule has 0 saturated heterocycles. The van der Waals surface area contributed by atoms with Gasteiger partial charge in [-0.15, -0.1) is 0 Å². The van der Waals surface area contributed by atoms with E-state index in [0.717, 1.165) is 17.0 Å². The lowest BCUT2D eigenvalue weighted by Gasteiger charge is -2.31. The molecule has 0 aliphatic carbocycles. The molecule has 2 nitrogen and oxygen atoms in total. The monoisotopic (exact) mass is 317 g/mol. The van der Waals surface area contributed by atoms with Gasteiger partial charge in [-0.3, -0.25) is 0 Å². The van der Waals surface area contributed by atoms with E-state index in [1.54, 1.807) is 0 Å². The van der Waals surface area contributed by atoms with E-state index in [1.165, 1.54) is 11.1 Å².